The Balaban J connectivity index is 0.00000225. The highest BCUT2D eigenvalue weighted by atomic mass is 35.5. The van der Waals surface area contributed by atoms with E-state index in [0.717, 1.165) is 24.4 Å². The molecule has 0 N–H and O–H groups in total. The smallest absolute Gasteiger partial charge is 0.310 e. The van der Waals surface area contributed by atoms with E-state index in [0.29, 0.717) is 6.54 Å². The lowest BCUT2D eigenvalue weighted by atomic mass is 9.88. The number of para-hydroxylation sites is 1. The number of ether oxygens (including phenoxy) is 2. The first-order valence-corrected chi connectivity index (χ1v) is 8.20. The predicted octanol–water partition coefficient (Wildman–Crippen LogP) is 3.51. The number of likely N-dealkylation sites (tertiary alicyclic amines) is 1. The minimum Gasteiger partial charge on any atom is -0.496 e. The molecular formula is C20H24ClNO3. The van der Waals surface area contributed by atoms with Crippen LogP contribution < -0.4 is 4.74 Å². The normalized spacial score (nSPS) is 19.9. The van der Waals surface area contributed by atoms with Gasteiger partial charge in [-0.15, -0.1) is 12.4 Å². The number of nitrogens with zero attached hydrogens (tertiary/aromatic N) is 1. The molecule has 0 saturated carbocycles. The minimum atomic E-state index is -0.171. The second-order valence-electron chi connectivity index (χ2n) is 6.16. The van der Waals surface area contributed by atoms with E-state index in [9.17, 15) is 4.79 Å². The molecule has 0 bridgehead atoms. The third kappa shape index (κ3) is 4.33. The van der Waals surface area contributed by atoms with Crippen LogP contribution in [0.5, 0.6) is 5.75 Å². The van der Waals surface area contributed by atoms with Gasteiger partial charge < -0.3 is 9.47 Å². The third-order valence-electron chi connectivity index (χ3n) is 4.69. The van der Waals surface area contributed by atoms with Gasteiger partial charge in [-0.3, -0.25) is 9.69 Å². The first kappa shape index (κ1) is 19.3. The molecule has 0 aromatic heterocycles. The molecule has 0 radical (unpaired) electrons. The lowest BCUT2D eigenvalue weighted by molar-refractivity contribution is -0.145. The van der Waals surface area contributed by atoms with E-state index >= 15 is 0 Å². The van der Waals surface area contributed by atoms with Crippen LogP contribution in [0.3, 0.4) is 0 Å². The van der Waals surface area contributed by atoms with Gasteiger partial charge in [0, 0.05) is 25.6 Å². The van der Waals surface area contributed by atoms with Crippen molar-refractivity contribution in [3.05, 3.63) is 65.7 Å². The van der Waals surface area contributed by atoms with Crippen LogP contribution in [0.2, 0.25) is 0 Å². The van der Waals surface area contributed by atoms with Gasteiger partial charge in [0.15, 0.2) is 0 Å². The molecule has 1 heterocycles. The maximum Gasteiger partial charge on any atom is 0.310 e. The van der Waals surface area contributed by atoms with Crippen molar-refractivity contribution in [2.24, 2.45) is 5.92 Å². The zero-order valence-corrected chi connectivity index (χ0v) is 15.4. The number of hydrogen-bond donors (Lipinski definition) is 0. The Bertz CT molecular complexity index is 692. The van der Waals surface area contributed by atoms with E-state index < -0.39 is 0 Å². The fraction of sp³-hybridized carbons (Fsp3) is 0.350. The first-order valence-electron chi connectivity index (χ1n) is 8.20. The van der Waals surface area contributed by atoms with Crippen LogP contribution in [0.1, 0.15) is 17.0 Å². The standard InChI is InChI=1S/C20H23NO3.ClH/c1-23-19-11-7-6-10-16(19)17-13-21(14-18(17)20(22)24-2)12-15-8-4-3-5-9-15;/h3-11,17-18H,12-14H2,1-2H3;1H. The highest BCUT2D eigenvalue weighted by Gasteiger charge is 2.40. The Morgan fingerprint density at radius 1 is 1.04 bits per heavy atom. The Labute approximate surface area is 155 Å². The van der Waals surface area contributed by atoms with Crippen LogP contribution >= 0.6 is 12.4 Å². The van der Waals surface area contributed by atoms with E-state index in [-0.39, 0.29) is 30.2 Å². The van der Waals surface area contributed by atoms with Crippen molar-refractivity contribution in [1.82, 2.24) is 4.90 Å². The minimum absolute atomic E-state index is 0. The van der Waals surface area contributed by atoms with Crippen LogP contribution in [-0.4, -0.2) is 38.2 Å². The van der Waals surface area contributed by atoms with Crippen LogP contribution in [0.25, 0.3) is 0 Å². The summed E-state index contributed by atoms with van der Waals surface area (Å²) in [7, 11) is 3.13. The summed E-state index contributed by atoms with van der Waals surface area (Å²) in [6, 6.07) is 18.3. The summed E-state index contributed by atoms with van der Waals surface area (Å²) in [6.45, 7) is 2.35. The summed E-state index contributed by atoms with van der Waals surface area (Å²) in [4.78, 5) is 14.6. The van der Waals surface area contributed by atoms with E-state index in [4.69, 9.17) is 9.47 Å². The number of esters is 1. The van der Waals surface area contributed by atoms with Gasteiger partial charge in [-0.1, -0.05) is 48.5 Å². The molecule has 1 saturated heterocycles. The lowest BCUT2D eigenvalue weighted by Gasteiger charge is -2.19. The Morgan fingerprint density at radius 2 is 1.72 bits per heavy atom. The molecule has 2 aromatic rings. The number of carbonyl (C=O) groups is 1. The Hall–Kier alpha value is -2.04. The van der Waals surface area contributed by atoms with Crippen molar-refractivity contribution in [3.8, 4) is 5.75 Å². The molecule has 2 unspecified atom stereocenters. The molecule has 2 atom stereocenters. The number of hydrogen-bond acceptors (Lipinski definition) is 4. The number of benzene rings is 2. The number of carbonyl (C=O) groups excluding carboxylic acids is 1. The maximum atomic E-state index is 12.3. The van der Waals surface area contributed by atoms with Crippen LogP contribution in [0.4, 0.5) is 0 Å². The zero-order valence-electron chi connectivity index (χ0n) is 14.6. The summed E-state index contributed by atoms with van der Waals surface area (Å²) < 4.78 is 10.6. The summed E-state index contributed by atoms with van der Waals surface area (Å²) in [6.07, 6.45) is 0. The molecule has 0 amide bonds. The van der Waals surface area contributed by atoms with Crippen LogP contribution in [0.15, 0.2) is 54.6 Å². The summed E-state index contributed by atoms with van der Waals surface area (Å²) in [5.74, 6) is 0.590. The van der Waals surface area contributed by atoms with Crippen LogP contribution in [0, 0.1) is 5.92 Å². The summed E-state index contributed by atoms with van der Waals surface area (Å²) in [5.41, 5.74) is 2.33. The monoisotopic (exact) mass is 361 g/mol. The average Bonchev–Trinajstić information content (AvgIpc) is 3.05. The van der Waals surface area contributed by atoms with Crippen molar-refractivity contribution >= 4 is 18.4 Å². The van der Waals surface area contributed by atoms with Crippen LogP contribution in [-0.2, 0) is 16.1 Å². The molecule has 0 aliphatic carbocycles. The second kappa shape index (κ2) is 8.88. The number of halogens is 1. The molecule has 4 nitrogen and oxygen atoms in total. The predicted molar refractivity (Wildman–Crippen MR) is 100 cm³/mol. The van der Waals surface area contributed by atoms with Gasteiger partial charge in [-0.25, -0.2) is 0 Å². The van der Waals surface area contributed by atoms with Crippen molar-refractivity contribution in [2.45, 2.75) is 12.5 Å². The van der Waals surface area contributed by atoms with Gasteiger partial charge in [0.05, 0.1) is 20.1 Å². The molecule has 25 heavy (non-hydrogen) atoms. The first-order chi connectivity index (χ1) is 11.7. The van der Waals surface area contributed by atoms with E-state index in [1.807, 2.05) is 42.5 Å². The number of methoxy groups -OCH3 is 2. The quantitative estimate of drug-likeness (QED) is 0.764. The summed E-state index contributed by atoms with van der Waals surface area (Å²) >= 11 is 0. The van der Waals surface area contributed by atoms with Crippen molar-refractivity contribution < 1.29 is 14.3 Å². The van der Waals surface area contributed by atoms with Crippen molar-refractivity contribution in [1.29, 1.82) is 0 Å². The van der Waals surface area contributed by atoms with Gasteiger partial charge in [0.25, 0.3) is 0 Å². The molecule has 1 fully saturated rings. The fourth-order valence-corrected chi connectivity index (χ4v) is 3.53. The molecule has 1 aliphatic heterocycles. The zero-order chi connectivity index (χ0) is 16.9. The largest absolute Gasteiger partial charge is 0.496 e. The molecule has 5 heteroatoms. The van der Waals surface area contributed by atoms with Crippen molar-refractivity contribution in [3.63, 3.8) is 0 Å². The third-order valence-corrected chi connectivity index (χ3v) is 4.69. The molecule has 134 valence electrons. The van der Waals surface area contributed by atoms with Crippen molar-refractivity contribution in [2.75, 3.05) is 27.3 Å². The average molecular weight is 362 g/mol. The lowest BCUT2D eigenvalue weighted by Crippen LogP contribution is -2.24. The maximum absolute atomic E-state index is 12.3. The van der Waals surface area contributed by atoms with Gasteiger partial charge >= 0.3 is 5.97 Å². The highest BCUT2D eigenvalue weighted by molar-refractivity contribution is 5.85. The molecule has 0 spiro atoms. The van der Waals surface area contributed by atoms with Gasteiger partial charge in [-0.2, -0.15) is 0 Å². The molecule has 2 aromatic carbocycles. The van der Waals surface area contributed by atoms with E-state index in [1.165, 1.54) is 12.7 Å². The van der Waals surface area contributed by atoms with Gasteiger partial charge in [0.1, 0.15) is 5.75 Å². The Kier molecular flexibility index (Phi) is 6.85. The molecule has 1 aliphatic rings. The van der Waals surface area contributed by atoms with E-state index in [2.05, 4.69) is 17.0 Å². The second-order valence-corrected chi connectivity index (χ2v) is 6.16. The highest BCUT2D eigenvalue weighted by Crippen LogP contribution is 2.38. The van der Waals surface area contributed by atoms with Gasteiger partial charge in [-0.05, 0) is 17.2 Å². The fourth-order valence-electron chi connectivity index (χ4n) is 3.53. The van der Waals surface area contributed by atoms with E-state index in [1.54, 1.807) is 7.11 Å². The molecular weight excluding hydrogens is 338 g/mol. The summed E-state index contributed by atoms with van der Waals surface area (Å²) in [5, 5.41) is 0. The number of rotatable bonds is 5. The SMILES string of the molecule is COC(=O)C1CN(Cc2ccccc2)CC1c1ccccc1OC.Cl. The van der Waals surface area contributed by atoms with Gasteiger partial charge in [0.2, 0.25) is 0 Å². The topological polar surface area (TPSA) is 38.8 Å². The Morgan fingerprint density at radius 3 is 2.40 bits per heavy atom. The molecule has 3 rings (SSSR count).